The summed E-state index contributed by atoms with van der Waals surface area (Å²) in [6, 6.07) is 0. The molecule has 1 saturated heterocycles. The fraction of sp³-hybridized carbons (Fsp3) is 0.733. The Hall–Kier alpha value is -1.45. The van der Waals surface area contributed by atoms with Crippen molar-refractivity contribution in [2.24, 2.45) is 5.92 Å². The summed E-state index contributed by atoms with van der Waals surface area (Å²) < 4.78 is 31.8. The van der Waals surface area contributed by atoms with Crippen LogP contribution in [0.1, 0.15) is 24.3 Å². The molecule has 1 aromatic rings. The van der Waals surface area contributed by atoms with Crippen LogP contribution in [0.15, 0.2) is 9.42 Å². The number of carbonyl (C=O) groups is 1. The lowest BCUT2D eigenvalue weighted by Crippen LogP contribution is -2.52. The average Bonchev–Trinajstić information content (AvgIpc) is 3.31. The molecule has 0 bridgehead atoms. The lowest BCUT2D eigenvalue weighted by atomic mass is 10.3. The highest BCUT2D eigenvalue weighted by molar-refractivity contribution is 7.89. The number of rotatable bonds is 6. The predicted octanol–water partition coefficient (Wildman–Crippen LogP) is 0.124. The average molecular weight is 356 g/mol. The first-order valence-corrected chi connectivity index (χ1v) is 9.75. The van der Waals surface area contributed by atoms with Crippen LogP contribution < -0.4 is 5.32 Å². The van der Waals surface area contributed by atoms with Gasteiger partial charge in [0.05, 0.1) is 6.54 Å². The first-order valence-electron chi connectivity index (χ1n) is 8.31. The maximum atomic E-state index is 12.7. The normalized spacial score (nSPS) is 19.7. The molecule has 1 aliphatic carbocycles. The minimum absolute atomic E-state index is 0.0324. The van der Waals surface area contributed by atoms with Crippen LogP contribution in [0.2, 0.25) is 0 Å². The Morgan fingerprint density at radius 2 is 1.92 bits per heavy atom. The van der Waals surface area contributed by atoms with Crippen LogP contribution in [0.3, 0.4) is 0 Å². The van der Waals surface area contributed by atoms with Gasteiger partial charge in [-0.3, -0.25) is 4.79 Å². The van der Waals surface area contributed by atoms with E-state index in [0.29, 0.717) is 44.2 Å². The molecule has 1 amide bonds. The molecule has 1 aliphatic heterocycles. The van der Waals surface area contributed by atoms with E-state index in [4.69, 9.17) is 4.52 Å². The van der Waals surface area contributed by atoms with E-state index in [2.05, 4.69) is 10.5 Å². The zero-order chi connectivity index (χ0) is 17.3. The second-order valence-corrected chi connectivity index (χ2v) is 8.39. The van der Waals surface area contributed by atoms with Gasteiger partial charge in [0.25, 0.3) is 0 Å². The van der Waals surface area contributed by atoms with Gasteiger partial charge in [-0.2, -0.15) is 4.31 Å². The minimum atomic E-state index is -3.63. The Bertz CT molecular complexity index is 684. The quantitative estimate of drug-likeness (QED) is 0.778. The molecule has 0 aromatic carbocycles. The number of piperazine rings is 1. The number of aryl methyl sites for hydroxylation is 2. The van der Waals surface area contributed by atoms with Gasteiger partial charge in [0.15, 0.2) is 5.76 Å². The van der Waals surface area contributed by atoms with Gasteiger partial charge in [0, 0.05) is 26.2 Å². The zero-order valence-corrected chi connectivity index (χ0v) is 14.9. The maximum Gasteiger partial charge on any atom is 0.248 e. The summed E-state index contributed by atoms with van der Waals surface area (Å²) in [6.07, 6.45) is 2.50. The van der Waals surface area contributed by atoms with E-state index in [1.54, 1.807) is 18.7 Å². The van der Waals surface area contributed by atoms with Crippen molar-refractivity contribution in [2.45, 2.75) is 31.6 Å². The zero-order valence-electron chi connectivity index (χ0n) is 14.1. The minimum Gasteiger partial charge on any atom is -0.360 e. The Morgan fingerprint density at radius 1 is 1.25 bits per heavy atom. The van der Waals surface area contributed by atoms with Gasteiger partial charge < -0.3 is 14.7 Å². The Morgan fingerprint density at radius 3 is 2.46 bits per heavy atom. The molecule has 1 saturated carbocycles. The van der Waals surface area contributed by atoms with Gasteiger partial charge in [0.2, 0.25) is 15.9 Å². The van der Waals surface area contributed by atoms with E-state index >= 15 is 0 Å². The second kappa shape index (κ2) is 6.81. The van der Waals surface area contributed by atoms with Gasteiger partial charge in [-0.1, -0.05) is 5.16 Å². The van der Waals surface area contributed by atoms with Crippen LogP contribution in [0.25, 0.3) is 0 Å². The monoisotopic (exact) mass is 356 g/mol. The fourth-order valence-electron chi connectivity index (χ4n) is 2.97. The van der Waals surface area contributed by atoms with E-state index in [0.717, 1.165) is 12.5 Å². The molecule has 1 aromatic heterocycles. The van der Waals surface area contributed by atoms with E-state index < -0.39 is 10.0 Å². The fourth-order valence-corrected chi connectivity index (χ4v) is 4.68. The van der Waals surface area contributed by atoms with Crippen molar-refractivity contribution in [3.05, 3.63) is 11.5 Å². The van der Waals surface area contributed by atoms with Crippen molar-refractivity contribution < 1.29 is 17.7 Å². The van der Waals surface area contributed by atoms with Crippen molar-refractivity contribution in [3.8, 4) is 0 Å². The summed E-state index contributed by atoms with van der Waals surface area (Å²) in [5, 5.41) is 6.90. The molecule has 0 radical (unpaired) electrons. The molecule has 0 spiro atoms. The van der Waals surface area contributed by atoms with Gasteiger partial charge in [-0.05, 0) is 39.2 Å². The summed E-state index contributed by atoms with van der Waals surface area (Å²) in [7, 11) is -3.63. The van der Waals surface area contributed by atoms with E-state index in [9.17, 15) is 13.2 Å². The molecule has 0 atom stereocenters. The molecule has 24 heavy (non-hydrogen) atoms. The molecular weight excluding hydrogens is 332 g/mol. The summed E-state index contributed by atoms with van der Waals surface area (Å²) in [5.41, 5.74) is 0.371. The summed E-state index contributed by atoms with van der Waals surface area (Å²) >= 11 is 0. The van der Waals surface area contributed by atoms with Gasteiger partial charge in [-0.15, -0.1) is 0 Å². The molecule has 134 valence electrons. The Labute approximate surface area is 142 Å². The standard InChI is InChI=1S/C15H24N4O4S/c1-11-15(12(2)23-17-11)24(21,22)19-7-5-18(6-8-19)14(20)10-16-9-13-3-4-13/h13,16H,3-10H2,1-2H3. The molecule has 9 heteroatoms. The van der Waals surface area contributed by atoms with Crippen LogP contribution in [0, 0.1) is 19.8 Å². The second-order valence-electron chi connectivity index (χ2n) is 6.51. The SMILES string of the molecule is Cc1noc(C)c1S(=O)(=O)N1CCN(C(=O)CNCC2CC2)CC1. The van der Waals surface area contributed by atoms with Crippen molar-refractivity contribution in [3.63, 3.8) is 0 Å². The van der Waals surface area contributed by atoms with Crippen molar-refractivity contribution in [1.82, 2.24) is 19.7 Å². The summed E-state index contributed by atoms with van der Waals surface area (Å²) in [5.74, 6) is 1.06. The van der Waals surface area contributed by atoms with Crippen molar-refractivity contribution >= 4 is 15.9 Å². The highest BCUT2D eigenvalue weighted by atomic mass is 32.2. The lowest BCUT2D eigenvalue weighted by Gasteiger charge is -2.34. The number of nitrogens with zero attached hydrogens (tertiary/aromatic N) is 3. The van der Waals surface area contributed by atoms with E-state index in [-0.39, 0.29) is 10.8 Å². The summed E-state index contributed by atoms with van der Waals surface area (Å²) in [6.45, 7) is 5.84. The van der Waals surface area contributed by atoms with Crippen LogP contribution in [-0.4, -0.2) is 68.0 Å². The highest BCUT2D eigenvalue weighted by Crippen LogP contribution is 2.27. The molecule has 0 unspecified atom stereocenters. The van der Waals surface area contributed by atoms with Crippen LogP contribution in [0.5, 0.6) is 0 Å². The Balaban J connectivity index is 1.55. The van der Waals surface area contributed by atoms with E-state index in [1.165, 1.54) is 17.1 Å². The third kappa shape index (κ3) is 3.62. The molecule has 1 N–H and O–H groups in total. The first-order chi connectivity index (χ1) is 11.4. The molecule has 2 fully saturated rings. The first kappa shape index (κ1) is 17.4. The van der Waals surface area contributed by atoms with Gasteiger partial charge >= 0.3 is 0 Å². The molecule has 2 aliphatic rings. The molecule has 2 heterocycles. The number of hydrogen-bond acceptors (Lipinski definition) is 6. The summed E-state index contributed by atoms with van der Waals surface area (Å²) in [4.78, 5) is 14.0. The topological polar surface area (TPSA) is 95.8 Å². The Kier molecular flexibility index (Phi) is 4.93. The molecular formula is C15H24N4O4S. The predicted molar refractivity (Wildman–Crippen MR) is 86.9 cm³/mol. The lowest BCUT2D eigenvalue weighted by molar-refractivity contribution is -0.131. The number of hydrogen-bond donors (Lipinski definition) is 1. The maximum absolute atomic E-state index is 12.7. The van der Waals surface area contributed by atoms with Crippen LogP contribution >= 0.6 is 0 Å². The highest BCUT2D eigenvalue weighted by Gasteiger charge is 2.34. The van der Waals surface area contributed by atoms with Crippen LogP contribution in [0.4, 0.5) is 0 Å². The smallest absolute Gasteiger partial charge is 0.248 e. The number of aromatic nitrogens is 1. The number of nitrogens with one attached hydrogen (secondary N) is 1. The third-order valence-electron chi connectivity index (χ3n) is 4.56. The van der Waals surface area contributed by atoms with Crippen molar-refractivity contribution in [1.29, 1.82) is 0 Å². The van der Waals surface area contributed by atoms with E-state index in [1.807, 2.05) is 0 Å². The molecule has 3 rings (SSSR count). The largest absolute Gasteiger partial charge is 0.360 e. The van der Waals surface area contributed by atoms with Gasteiger partial charge in [-0.25, -0.2) is 8.42 Å². The molecule has 8 nitrogen and oxygen atoms in total. The number of amides is 1. The number of sulfonamides is 1. The van der Waals surface area contributed by atoms with Crippen molar-refractivity contribution in [2.75, 3.05) is 39.3 Å². The third-order valence-corrected chi connectivity index (χ3v) is 6.71. The number of carbonyl (C=O) groups excluding carboxylic acids is 1. The van der Waals surface area contributed by atoms with Crippen LogP contribution in [-0.2, 0) is 14.8 Å². The van der Waals surface area contributed by atoms with Gasteiger partial charge in [0.1, 0.15) is 10.6 Å².